The number of rotatable bonds is 1. The summed E-state index contributed by atoms with van der Waals surface area (Å²) in [6, 6.07) is -2.90. The second-order valence-corrected chi connectivity index (χ2v) is 0.719. The van der Waals surface area contributed by atoms with Crippen LogP contribution in [-0.4, -0.2) is 17.1 Å². The molecule has 0 spiro atoms. The second kappa shape index (κ2) is 1.77. The zero-order valence-electron chi connectivity index (χ0n) is 6.93. The van der Waals surface area contributed by atoms with Crippen LogP contribution in [0.3, 0.4) is 0 Å². The van der Waals surface area contributed by atoms with Gasteiger partial charge in [0.15, 0.2) is 0 Å². The highest BCUT2D eigenvalue weighted by molar-refractivity contribution is 5.72. The number of carbonyl (C=O) groups is 1. The van der Waals surface area contributed by atoms with Crippen LogP contribution in [0.5, 0.6) is 0 Å². The SMILES string of the molecule is [2H]C([2H])([2H])[C@]([2H])([15NH2])C(=O)O. The molecule has 0 radical (unpaired) electrons. The predicted molar refractivity (Wildman–Crippen MR) is 21.3 cm³/mol. The number of carboxylic acid groups (broad SMARTS) is 1. The van der Waals surface area contributed by atoms with Gasteiger partial charge in [-0.3, -0.25) is 4.79 Å². The summed E-state index contributed by atoms with van der Waals surface area (Å²) < 4.78 is 26.2. The Balaban J connectivity index is 4.57. The van der Waals surface area contributed by atoms with Crippen LogP contribution < -0.4 is 5.73 Å². The molecule has 0 unspecified atom stereocenters. The van der Waals surface area contributed by atoms with Crippen LogP contribution in [0.15, 0.2) is 0 Å². The Morgan fingerprint density at radius 1 is 2.50 bits per heavy atom. The first-order chi connectivity index (χ1) is 4.19. The van der Waals surface area contributed by atoms with E-state index in [9.17, 15) is 4.79 Å². The van der Waals surface area contributed by atoms with E-state index in [-0.39, 0.29) is 0 Å². The Kier molecular flexibility index (Phi) is 0.442. The van der Waals surface area contributed by atoms with Gasteiger partial charge in [0.1, 0.15) is 6.02 Å². The molecule has 3 heteroatoms. The molecule has 0 aliphatic carbocycles. The maximum absolute atomic E-state index is 10.00. The molecule has 0 aliphatic heterocycles. The van der Waals surface area contributed by atoms with Gasteiger partial charge in [-0.1, -0.05) is 0 Å². The zero-order valence-corrected chi connectivity index (χ0v) is 2.93. The van der Waals surface area contributed by atoms with E-state index in [1.54, 1.807) is 0 Å². The highest BCUT2D eigenvalue weighted by atomic mass is 16.4. The summed E-state index contributed by atoms with van der Waals surface area (Å²) >= 11 is 0. The number of hydrogen-bond acceptors (Lipinski definition) is 2. The molecule has 0 amide bonds. The maximum atomic E-state index is 10.00. The molecule has 1 atom stereocenters. The monoisotopic (exact) mass is 94.1 g/mol. The van der Waals surface area contributed by atoms with Gasteiger partial charge in [-0.15, -0.1) is 0 Å². The van der Waals surface area contributed by atoms with Gasteiger partial charge in [-0.25, -0.2) is 0 Å². The summed E-state index contributed by atoms with van der Waals surface area (Å²) in [5, 5.41) is 8.10. The van der Waals surface area contributed by atoms with E-state index in [1.807, 2.05) is 0 Å². The third-order valence-electron chi connectivity index (χ3n) is 0.230. The summed E-state index contributed by atoms with van der Waals surface area (Å²) in [6.45, 7) is -2.99. The first-order valence-electron chi connectivity index (χ1n) is 3.22. The summed E-state index contributed by atoms with van der Waals surface area (Å²) in [7, 11) is 0. The van der Waals surface area contributed by atoms with E-state index < -0.39 is 18.8 Å². The molecule has 0 heterocycles. The summed E-state index contributed by atoms with van der Waals surface area (Å²) in [6.07, 6.45) is 0. The average molecular weight is 94.1 g/mol. The molecule has 0 saturated carbocycles. The lowest BCUT2D eigenvalue weighted by Crippen LogP contribution is -2.25. The summed E-state index contributed by atoms with van der Waals surface area (Å²) in [5.41, 5.74) is 4.64. The van der Waals surface area contributed by atoms with Gasteiger partial charge < -0.3 is 10.8 Å². The van der Waals surface area contributed by atoms with Crippen LogP contribution >= 0.6 is 0 Å². The molecule has 0 aromatic carbocycles. The number of hydrogen-bond donors (Lipinski definition) is 2. The number of carboxylic acids is 1. The molecule has 3 N–H and O–H groups in total. The standard InChI is InChI=1S/C3H7NO2/c1-2(4)3(5)6/h2H,4H2,1H3,(H,5,6)/t2-/m0/s1/i1D3,2D,4+1. The van der Waals surface area contributed by atoms with Crippen molar-refractivity contribution in [2.24, 2.45) is 5.73 Å². The Morgan fingerprint density at radius 3 is 3.00 bits per heavy atom. The minimum atomic E-state index is -2.99. The van der Waals surface area contributed by atoms with Crippen molar-refractivity contribution in [3.05, 3.63) is 0 Å². The van der Waals surface area contributed by atoms with Crippen molar-refractivity contribution < 1.29 is 15.4 Å². The third kappa shape index (κ3) is 1.72. The van der Waals surface area contributed by atoms with Crippen LogP contribution in [0.2, 0.25) is 0 Å². The van der Waals surface area contributed by atoms with Gasteiger partial charge in [-0.05, 0) is 6.85 Å². The van der Waals surface area contributed by atoms with Crippen molar-refractivity contribution in [3.8, 4) is 0 Å². The van der Waals surface area contributed by atoms with Gasteiger partial charge in [0.25, 0.3) is 0 Å². The smallest absolute Gasteiger partial charge is 0.320 e. The van der Waals surface area contributed by atoms with Gasteiger partial charge in [-0.2, -0.15) is 0 Å². The van der Waals surface area contributed by atoms with E-state index in [2.05, 4.69) is 5.73 Å². The van der Waals surface area contributed by atoms with Crippen molar-refractivity contribution in [1.29, 1.82) is 0 Å². The van der Waals surface area contributed by atoms with Crippen molar-refractivity contribution in [2.75, 3.05) is 0 Å². The first kappa shape index (κ1) is 1.50. The van der Waals surface area contributed by atoms with Crippen molar-refractivity contribution in [2.45, 2.75) is 12.9 Å². The molecule has 3 nitrogen and oxygen atoms in total. The number of aliphatic carboxylic acids is 1. The largest absolute Gasteiger partial charge is 0.480 e. The molecule has 36 valence electrons. The average Bonchev–Trinajstić information content (AvgIpc) is 1.62. The third-order valence-corrected chi connectivity index (χ3v) is 0.230. The predicted octanol–water partition coefficient (Wildman–Crippen LogP) is -0.582. The quantitative estimate of drug-likeness (QED) is 0.427. The molecule has 0 aromatic rings. The zero-order chi connectivity index (χ0) is 8.58. The Hall–Kier alpha value is -0.570. The van der Waals surface area contributed by atoms with E-state index in [0.29, 0.717) is 0 Å². The summed E-state index contributed by atoms with van der Waals surface area (Å²) in [4.78, 5) is 10.00. The van der Waals surface area contributed by atoms with Crippen LogP contribution in [0, 0.1) is 0 Å². The highest BCUT2D eigenvalue weighted by Crippen LogP contribution is 1.68. The van der Waals surface area contributed by atoms with Crippen LogP contribution in [0.1, 0.15) is 12.3 Å². The van der Waals surface area contributed by atoms with Gasteiger partial charge >= 0.3 is 5.97 Å². The fourth-order valence-corrected chi connectivity index (χ4v) is 0. The molecule has 0 fully saturated rings. The van der Waals surface area contributed by atoms with Crippen molar-refractivity contribution >= 4 is 5.97 Å². The van der Waals surface area contributed by atoms with E-state index >= 15 is 0 Å². The van der Waals surface area contributed by atoms with Gasteiger partial charge in [0.2, 0.25) is 0 Å². The van der Waals surface area contributed by atoms with Gasteiger partial charge in [0.05, 0.1) is 1.37 Å². The van der Waals surface area contributed by atoms with Crippen LogP contribution in [-0.2, 0) is 4.79 Å². The van der Waals surface area contributed by atoms with Crippen molar-refractivity contribution in [3.63, 3.8) is 0 Å². The van der Waals surface area contributed by atoms with Crippen LogP contribution in [0.25, 0.3) is 0 Å². The molecule has 6 heavy (non-hydrogen) atoms. The van der Waals surface area contributed by atoms with E-state index in [0.717, 1.165) is 0 Å². The van der Waals surface area contributed by atoms with E-state index in [1.165, 1.54) is 0 Å². The second-order valence-electron chi connectivity index (χ2n) is 0.719. The van der Waals surface area contributed by atoms with Gasteiger partial charge in [0, 0.05) is 4.11 Å². The van der Waals surface area contributed by atoms with Crippen LogP contribution in [0.4, 0.5) is 0 Å². The Morgan fingerprint density at radius 2 is 3.00 bits per heavy atom. The summed E-state index contributed by atoms with van der Waals surface area (Å²) in [5.74, 6) is -1.85. The normalized spacial score (nSPS) is 30.8. The fraction of sp³-hybridized carbons (Fsp3) is 0.667. The maximum Gasteiger partial charge on any atom is 0.320 e. The first-order valence-corrected chi connectivity index (χ1v) is 1.22. The highest BCUT2D eigenvalue weighted by Gasteiger charge is 1.99. The number of nitrogens with two attached hydrogens (primary N) is 1. The molecule has 0 bridgehead atoms. The Bertz CT molecular complexity index is 151. The molecule has 0 aliphatic rings. The van der Waals surface area contributed by atoms with E-state index in [4.69, 9.17) is 10.6 Å². The Labute approximate surface area is 41.4 Å². The molecule has 0 saturated heterocycles. The molecular weight excluding hydrogens is 83.0 g/mol. The lowest BCUT2D eigenvalue weighted by Gasteiger charge is -1.90. The molecular formula is C3H7NO2. The topological polar surface area (TPSA) is 63.3 Å². The lowest BCUT2D eigenvalue weighted by molar-refractivity contribution is -0.138. The molecule has 0 rings (SSSR count). The minimum Gasteiger partial charge on any atom is -0.480 e. The minimum absolute atomic E-state index is 1.85. The van der Waals surface area contributed by atoms with Crippen molar-refractivity contribution in [1.82, 2.24) is 0 Å². The molecule has 0 aromatic heterocycles. The lowest BCUT2D eigenvalue weighted by atomic mass is 10.4. The fourth-order valence-electron chi connectivity index (χ4n) is 0.